The minimum atomic E-state index is -0.383. The van der Waals surface area contributed by atoms with Gasteiger partial charge in [-0.1, -0.05) is 90.5 Å². The van der Waals surface area contributed by atoms with E-state index in [4.69, 9.17) is 9.31 Å². The number of hydrogen-bond acceptors (Lipinski definition) is 3. The van der Waals surface area contributed by atoms with Gasteiger partial charge in [0.2, 0.25) is 0 Å². The largest absolute Gasteiger partial charge is 0.494 e. The van der Waals surface area contributed by atoms with Gasteiger partial charge in [-0.15, -0.1) is 0 Å². The molecule has 0 N–H and O–H groups in total. The van der Waals surface area contributed by atoms with Gasteiger partial charge in [0, 0.05) is 23.1 Å². The molecule has 0 atom stereocenters. The van der Waals surface area contributed by atoms with Crippen LogP contribution in [-0.4, -0.2) is 18.3 Å². The van der Waals surface area contributed by atoms with Gasteiger partial charge in [0.25, 0.3) is 0 Å². The molecular weight excluding hydrogens is 453 g/mol. The lowest BCUT2D eigenvalue weighted by Gasteiger charge is -2.32. The predicted octanol–water partition coefficient (Wildman–Crippen LogP) is 7.52. The topological polar surface area (TPSA) is 21.7 Å². The third-order valence-corrected chi connectivity index (χ3v) is 7.44. The first-order chi connectivity index (χ1) is 17.7. The third-order valence-electron chi connectivity index (χ3n) is 7.44. The van der Waals surface area contributed by atoms with Gasteiger partial charge in [-0.25, -0.2) is 0 Å². The quantitative estimate of drug-likeness (QED) is 0.263. The number of hydrogen-bond donors (Lipinski definition) is 0. The van der Waals surface area contributed by atoms with Gasteiger partial charge in [-0.05, 0) is 75.5 Å². The van der Waals surface area contributed by atoms with Gasteiger partial charge in [0.05, 0.1) is 11.2 Å². The van der Waals surface area contributed by atoms with Crippen molar-refractivity contribution >= 4 is 29.5 Å². The average molecular weight is 487 g/mol. The Morgan fingerprint density at radius 3 is 1.51 bits per heavy atom. The second-order valence-electron chi connectivity index (χ2n) is 10.7. The van der Waals surface area contributed by atoms with Crippen molar-refractivity contribution in [2.75, 3.05) is 4.90 Å². The third kappa shape index (κ3) is 5.27. The zero-order chi connectivity index (χ0) is 26.0. The summed E-state index contributed by atoms with van der Waals surface area (Å²) in [5.74, 6) is 0. The van der Waals surface area contributed by atoms with Crippen LogP contribution < -0.4 is 10.4 Å². The molecule has 5 rings (SSSR count). The maximum absolute atomic E-state index is 6.28. The molecule has 1 heterocycles. The highest BCUT2D eigenvalue weighted by Crippen LogP contribution is 2.37. The van der Waals surface area contributed by atoms with Crippen LogP contribution >= 0.6 is 0 Å². The van der Waals surface area contributed by atoms with E-state index in [1.165, 1.54) is 16.7 Å². The molecule has 4 aromatic carbocycles. The molecule has 0 unspecified atom stereocenters. The highest BCUT2D eigenvalue weighted by molar-refractivity contribution is 6.62. The Bertz CT molecular complexity index is 1300. The maximum atomic E-state index is 6.28. The Morgan fingerprint density at radius 2 is 1.05 bits per heavy atom. The summed E-state index contributed by atoms with van der Waals surface area (Å²) in [6.45, 7) is 10.4. The summed E-state index contributed by atoms with van der Waals surface area (Å²) >= 11 is 0. The van der Waals surface area contributed by atoms with Crippen LogP contribution in [0, 0.1) is 6.92 Å². The smallest absolute Gasteiger partial charge is 0.399 e. The van der Waals surface area contributed by atoms with Crippen molar-refractivity contribution < 1.29 is 9.31 Å². The molecule has 0 aliphatic carbocycles. The van der Waals surface area contributed by atoms with Crippen molar-refractivity contribution in [3.05, 3.63) is 132 Å². The van der Waals surface area contributed by atoms with Crippen LogP contribution in [0.3, 0.4) is 0 Å². The van der Waals surface area contributed by atoms with Crippen molar-refractivity contribution in [2.45, 2.75) is 45.8 Å². The molecule has 37 heavy (non-hydrogen) atoms. The minimum Gasteiger partial charge on any atom is -0.399 e. The lowest BCUT2D eigenvalue weighted by Crippen LogP contribution is -2.41. The first-order valence-electron chi connectivity index (χ1n) is 12.9. The average Bonchev–Trinajstić information content (AvgIpc) is 3.13. The zero-order valence-electron chi connectivity index (χ0n) is 22.3. The van der Waals surface area contributed by atoms with E-state index < -0.39 is 0 Å². The van der Waals surface area contributed by atoms with Gasteiger partial charge in [-0.2, -0.15) is 0 Å². The molecule has 4 heteroatoms. The maximum Gasteiger partial charge on any atom is 0.494 e. The molecule has 0 radical (unpaired) electrons. The Balaban J connectivity index is 1.57. The standard InChI is InChI=1S/C33H34BNO2/c1-25-16-20-29(21-17-25)35(24-31(26-12-8-6-9-13-26)27-14-10-7-11-15-27)30-22-18-28(19-23-30)34-36-32(2,3)33(4,5)37-34/h6-24H,1-5H3. The van der Waals surface area contributed by atoms with Crippen LogP contribution in [0.25, 0.3) is 5.57 Å². The summed E-state index contributed by atoms with van der Waals surface area (Å²) in [5.41, 5.74) is 7.15. The number of aryl methyl sites for hydroxylation is 1. The van der Waals surface area contributed by atoms with E-state index >= 15 is 0 Å². The molecule has 4 aromatic rings. The van der Waals surface area contributed by atoms with Gasteiger partial charge in [-0.3, -0.25) is 0 Å². The van der Waals surface area contributed by atoms with E-state index in [1.54, 1.807) is 0 Å². The first kappa shape index (κ1) is 25.1. The summed E-state index contributed by atoms with van der Waals surface area (Å²) in [5, 5.41) is 0. The molecule has 1 saturated heterocycles. The van der Waals surface area contributed by atoms with Crippen LogP contribution in [0.4, 0.5) is 11.4 Å². The van der Waals surface area contributed by atoms with Crippen LogP contribution in [0.1, 0.15) is 44.4 Å². The fourth-order valence-corrected chi connectivity index (χ4v) is 4.45. The molecule has 1 fully saturated rings. The first-order valence-corrected chi connectivity index (χ1v) is 12.9. The van der Waals surface area contributed by atoms with Crippen molar-refractivity contribution in [1.82, 2.24) is 0 Å². The van der Waals surface area contributed by atoms with E-state index in [1.807, 2.05) is 0 Å². The Kier molecular flexibility index (Phi) is 6.81. The summed E-state index contributed by atoms with van der Waals surface area (Å²) in [7, 11) is -0.383. The van der Waals surface area contributed by atoms with Crippen molar-refractivity contribution in [3.8, 4) is 0 Å². The highest BCUT2D eigenvalue weighted by atomic mass is 16.7. The fraction of sp³-hybridized carbons (Fsp3) is 0.212. The summed E-state index contributed by atoms with van der Waals surface area (Å²) in [6, 6.07) is 38.2. The van der Waals surface area contributed by atoms with Crippen LogP contribution in [0.2, 0.25) is 0 Å². The monoisotopic (exact) mass is 487 g/mol. The Hall–Kier alpha value is -3.60. The Labute approximate surface area is 221 Å². The molecular formula is C33H34BNO2. The fourth-order valence-electron chi connectivity index (χ4n) is 4.45. The molecule has 186 valence electrons. The van der Waals surface area contributed by atoms with E-state index in [0.29, 0.717) is 0 Å². The molecule has 0 amide bonds. The number of rotatable bonds is 6. The molecule has 0 aromatic heterocycles. The van der Waals surface area contributed by atoms with E-state index in [2.05, 4.69) is 155 Å². The summed E-state index contributed by atoms with van der Waals surface area (Å²) in [6.07, 6.45) is 2.24. The van der Waals surface area contributed by atoms with Gasteiger partial charge in [0.15, 0.2) is 0 Å². The molecule has 0 bridgehead atoms. The van der Waals surface area contributed by atoms with E-state index in [-0.39, 0.29) is 18.3 Å². The van der Waals surface area contributed by atoms with E-state index in [9.17, 15) is 0 Å². The second kappa shape index (κ2) is 10.0. The number of nitrogens with zero attached hydrogens (tertiary/aromatic N) is 1. The summed E-state index contributed by atoms with van der Waals surface area (Å²) < 4.78 is 12.6. The van der Waals surface area contributed by atoms with Crippen molar-refractivity contribution in [1.29, 1.82) is 0 Å². The van der Waals surface area contributed by atoms with Crippen molar-refractivity contribution in [2.24, 2.45) is 0 Å². The Morgan fingerprint density at radius 1 is 0.622 bits per heavy atom. The predicted molar refractivity (Wildman–Crippen MR) is 155 cm³/mol. The van der Waals surface area contributed by atoms with Gasteiger partial charge >= 0.3 is 7.12 Å². The SMILES string of the molecule is Cc1ccc(N(C=C(c2ccccc2)c2ccccc2)c2ccc(B3OC(C)(C)C(C)(C)O3)cc2)cc1. The lowest BCUT2D eigenvalue weighted by molar-refractivity contribution is 0.00578. The van der Waals surface area contributed by atoms with Crippen LogP contribution in [0.15, 0.2) is 115 Å². The van der Waals surface area contributed by atoms with Gasteiger partial charge < -0.3 is 14.2 Å². The van der Waals surface area contributed by atoms with Crippen LogP contribution in [0.5, 0.6) is 0 Å². The highest BCUT2D eigenvalue weighted by Gasteiger charge is 2.51. The number of benzene rings is 4. The molecule has 1 aliphatic rings. The molecule has 1 aliphatic heterocycles. The van der Waals surface area contributed by atoms with Crippen LogP contribution in [-0.2, 0) is 9.31 Å². The number of anilines is 2. The van der Waals surface area contributed by atoms with E-state index in [0.717, 1.165) is 22.4 Å². The normalized spacial score (nSPS) is 15.9. The molecule has 3 nitrogen and oxygen atoms in total. The zero-order valence-corrected chi connectivity index (χ0v) is 22.3. The molecule has 0 spiro atoms. The second-order valence-corrected chi connectivity index (χ2v) is 10.7. The lowest BCUT2D eigenvalue weighted by atomic mass is 9.79. The molecule has 0 saturated carbocycles. The van der Waals surface area contributed by atoms with Crippen molar-refractivity contribution in [3.63, 3.8) is 0 Å². The minimum absolute atomic E-state index is 0.368. The van der Waals surface area contributed by atoms with Gasteiger partial charge in [0.1, 0.15) is 0 Å². The summed E-state index contributed by atoms with van der Waals surface area (Å²) in [4.78, 5) is 2.25.